The van der Waals surface area contributed by atoms with Gasteiger partial charge in [-0.1, -0.05) is 24.3 Å². The van der Waals surface area contributed by atoms with Gasteiger partial charge in [-0.15, -0.1) is 0 Å². The Balaban J connectivity index is 0.000000735. The van der Waals surface area contributed by atoms with E-state index in [2.05, 4.69) is 15.7 Å². The largest absolute Gasteiger partial charge is 0.481 e. The van der Waals surface area contributed by atoms with Crippen molar-refractivity contribution in [2.75, 3.05) is 20.2 Å². The highest BCUT2D eigenvalue weighted by Crippen LogP contribution is 2.24. The summed E-state index contributed by atoms with van der Waals surface area (Å²) in [6, 6.07) is 14.6. The van der Waals surface area contributed by atoms with Gasteiger partial charge in [0.2, 0.25) is 0 Å². The van der Waals surface area contributed by atoms with Crippen LogP contribution in [0.5, 0.6) is 0 Å². The number of rotatable bonds is 5. The van der Waals surface area contributed by atoms with Crippen LogP contribution in [-0.4, -0.2) is 42.1 Å². The van der Waals surface area contributed by atoms with E-state index < -0.39 is 17.8 Å². The Morgan fingerprint density at radius 1 is 1.30 bits per heavy atom. The molecule has 1 unspecified atom stereocenters. The number of ether oxygens (including phenoxy) is 1. The fourth-order valence-corrected chi connectivity index (χ4v) is 3.53. The van der Waals surface area contributed by atoms with E-state index in [9.17, 15) is 14.4 Å². The van der Waals surface area contributed by atoms with Crippen LogP contribution in [0.1, 0.15) is 40.4 Å². The normalized spacial score (nSPS) is 15.6. The monoisotopic (exact) mass is 412 g/mol. The van der Waals surface area contributed by atoms with Gasteiger partial charge in [-0.25, -0.2) is 9.18 Å². The molecule has 1 saturated heterocycles. The highest BCUT2D eigenvalue weighted by atomic mass is 19.1. The first-order valence-corrected chi connectivity index (χ1v) is 9.60. The molecule has 0 bridgehead atoms. The van der Waals surface area contributed by atoms with Crippen LogP contribution in [0.4, 0.5) is 4.39 Å². The first kappa shape index (κ1) is 23.0. The van der Waals surface area contributed by atoms with Crippen LogP contribution in [0.3, 0.4) is 0 Å². The van der Waals surface area contributed by atoms with Gasteiger partial charge in [-0.3, -0.25) is 9.69 Å². The Kier molecular flexibility index (Phi) is 8.51. The van der Waals surface area contributed by atoms with Crippen LogP contribution in [0.25, 0.3) is 0 Å². The zero-order valence-electron chi connectivity index (χ0n) is 17.1. The van der Waals surface area contributed by atoms with Gasteiger partial charge in [0.1, 0.15) is 5.82 Å². The van der Waals surface area contributed by atoms with Gasteiger partial charge in [0, 0.05) is 20.0 Å². The topological polar surface area (TPSA) is 90.6 Å². The van der Waals surface area contributed by atoms with Crippen LogP contribution in [0, 0.1) is 23.1 Å². The maximum absolute atomic E-state index is 13.8. The van der Waals surface area contributed by atoms with Crippen molar-refractivity contribution in [2.24, 2.45) is 5.92 Å². The van der Waals surface area contributed by atoms with E-state index in [0.717, 1.165) is 56.1 Å². The summed E-state index contributed by atoms with van der Waals surface area (Å²) in [6.07, 6.45) is 1.83. The number of aliphatic carboxylic acids is 1. The molecule has 1 fully saturated rings. The lowest BCUT2D eigenvalue weighted by molar-refractivity contribution is -0.134. The first-order chi connectivity index (χ1) is 14.3. The number of carboxylic acids is 1. The molecule has 1 heterocycles. The quantitative estimate of drug-likeness (QED) is 0.754. The summed E-state index contributed by atoms with van der Waals surface area (Å²) in [7, 11) is 1.25. The summed E-state index contributed by atoms with van der Waals surface area (Å²) in [5.74, 6) is -1.59. The van der Waals surface area contributed by atoms with E-state index in [1.54, 1.807) is 12.1 Å². The number of likely N-dealkylation sites (tertiary alicyclic amines) is 1. The van der Waals surface area contributed by atoms with Crippen molar-refractivity contribution in [1.82, 2.24) is 4.90 Å². The van der Waals surface area contributed by atoms with E-state index in [4.69, 9.17) is 9.90 Å². The van der Waals surface area contributed by atoms with Gasteiger partial charge in [-0.05, 0) is 54.6 Å². The lowest BCUT2D eigenvalue weighted by Gasteiger charge is -2.17. The number of hydrogen-bond acceptors (Lipinski definition) is 5. The number of hydrogen-bond donors (Lipinski definition) is 1. The minimum atomic E-state index is -0.833. The van der Waals surface area contributed by atoms with Crippen molar-refractivity contribution < 1.29 is 23.8 Å². The average molecular weight is 412 g/mol. The van der Waals surface area contributed by atoms with Crippen LogP contribution < -0.4 is 0 Å². The molecule has 1 N–H and O–H groups in total. The molecule has 0 aromatic heterocycles. The van der Waals surface area contributed by atoms with Crippen molar-refractivity contribution in [2.45, 2.75) is 26.3 Å². The third-order valence-corrected chi connectivity index (χ3v) is 4.86. The highest BCUT2D eigenvalue weighted by molar-refractivity contribution is 5.89. The molecule has 0 radical (unpaired) electrons. The fraction of sp³-hybridized carbons (Fsp3) is 0.348. The predicted molar refractivity (Wildman–Crippen MR) is 109 cm³/mol. The van der Waals surface area contributed by atoms with E-state index in [1.807, 2.05) is 24.3 Å². The molecule has 0 amide bonds. The van der Waals surface area contributed by atoms with Crippen LogP contribution in [0.2, 0.25) is 0 Å². The number of nitrogens with zero attached hydrogens (tertiary/aromatic N) is 2. The Labute approximate surface area is 175 Å². The molecule has 7 heteroatoms. The van der Waals surface area contributed by atoms with Crippen molar-refractivity contribution in [3.05, 3.63) is 70.5 Å². The summed E-state index contributed by atoms with van der Waals surface area (Å²) in [4.78, 5) is 23.0. The molecule has 3 rings (SSSR count). The maximum atomic E-state index is 13.8. The number of benzene rings is 2. The third kappa shape index (κ3) is 6.68. The average Bonchev–Trinajstić information content (AvgIpc) is 3.15. The van der Waals surface area contributed by atoms with Crippen molar-refractivity contribution >= 4 is 11.9 Å². The Bertz CT molecular complexity index is 935. The Hall–Kier alpha value is -3.24. The number of carbonyl (C=O) groups excluding carboxylic acids is 1. The molecule has 1 aliphatic heterocycles. The zero-order chi connectivity index (χ0) is 22.1. The summed E-state index contributed by atoms with van der Waals surface area (Å²) in [6.45, 7) is 3.73. The Morgan fingerprint density at radius 2 is 2.00 bits per heavy atom. The number of carbonyl (C=O) groups is 2. The number of esters is 1. The summed E-state index contributed by atoms with van der Waals surface area (Å²) in [5.41, 5.74) is 2.70. The molecule has 2 aromatic carbocycles. The smallest absolute Gasteiger partial charge is 0.340 e. The Morgan fingerprint density at radius 3 is 2.67 bits per heavy atom. The van der Waals surface area contributed by atoms with Gasteiger partial charge in [-0.2, -0.15) is 5.26 Å². The molecule has 30 heavy (non-hydrogen) atoms. The van der Waals surface area contributed by atoms with E-state index in [0.29, 0.717) is 5.92 Å². The van der Waals surface area contributed by atoms with Crippen molar-refractivity contribution in [3.63, 3.8) is 0 Å². The van der Waals surface area contributed by atoms with Crippen molar-refractivity contribution in [1.29, 1.82) is 5.26 Å². The van der Waals surface area contributed by atoms with Gasteiger partial charge < -0.3 is 9.84 Å². The molecule has 6 nitrogen and oxygen atoms in total. The molecule has 0 aliphatic carbocycles. The molecule has 1 aliphatic rings. The SMILES string of the molecule is CC(=O)O.COC(=O)c1cc(CC2CCN(Cc3ccccc3C#N)C2)ccc1F. The van der Waals surface area contributed by atoms with Crippen LogP contribution >= 0.6 is 0 Å². The summed E-state index contributed by atoms with van der Waals surface area (Å²) in [5, 5.41) is 16.6. The van der Waals surface area contributed by atoms with Gasteiger partial charge >= 0.3 is 5.97 Å². The lowest BCUT2D eigenvalue weighted by Crippen LogP contribution is -2.21. The van der Waals surface area contributed by atoms with Crippen LogP contribution in [0.15, 0.2) is 42.5 Å². The number of carboxylic acid groups (broad SMARTS) is 1. The minimum absolute atomic E-state index is 0.0113. The molecular weight excluding hydrogens is 387 g/mol. The molecule has 1 atom stereocenters. The molecule has 0 saturated carbocycles. The molecule has 0 spiro atoms. The predicted octanol–water partition coefficient (Wildman–Crippen LogP) is 3.64. The summed E-state index contributed by atoms with van der Waals surface area (Å²) < 4.78 is 18.4. The second-order valence-electron chi connectivity index (χ2n) is 7.19. The van der Waals surface area contributed by atoms with Gasteiger partial charge in [0.05, 0.1) is 24.3 Å². The number of methoxy groups -OCH3 is 1. The molecule has 2 aromatic rings. The highest BCUT2D eigenvalue weighted by Gasteiger charge is 2.24. The maximum Gasteiger partial charge on any atom is 0.340 e. The van der Waals surface area contributed by atoms with E-state index >= 15 is 0 Å². The van der Waals surface area contributed by atoms with Gasteiger partial charge in [0.15, 0.2) is 0 Å². The zero-order valence-corrected chi connectivity index (χ0v) is 17.1. The molecule has 158 valence electrons. The number of halogens is 1. The summed E-state index contributed by atoms with van der Waals surface area (Å²) >= 11 is 0. The lowest BCUT2D eigenvalue weighted by atomic mass is 9.97. The van der Waals surface area contributed by atoms with Crippen LogP contribution in [-0.2, 0) is 22.5 Å². The third-order valence-electron chi connectivity index (χ3n) is 4.86. The standard InChI is InChI=1S/C21H21FN2O2.C2H4O2/c1-26-21(25)19-11-15(6-7-20(19)22)10-16-8-9-24(13-16)14-18-5-3-2-4-17(18)12-23;1-2(3)4/h2-7,11,16H,8-10,13-14H2,1H3;1H3,(H,3,4). The fourth-order valence-electron chi connectivity index (χ4n) is 3.53. The van der Waals surface area contributed by atoms with E-state index in [-0.39, 0.29) is 5.56 Å². The second kappa shape index (κ2) is 11.1. The molecular formula is C23H25FN2O4. The number of nitriles is 1. The minimum Gasteiger partial charge on any atom is -0.481 e. The van der Waals surface area contributed by atoms with E-state index in [1.165, 1.54) is 13.2 Å². The second-order valence-corrected chi connectivity index (χ2v) is 7.19. The van der Waals surface area contributed by atoms with Crippen molar-refractivity contribution in [3.8, 4) is 6.07 Å². The first-order valence-electron chi connectivity index (χ1n) is 9.60. The van der Waals surface area contributed by atoms with Gasteiger partial charge in [0.25, 0.3) is 5.97 Å².